The number of hydrogen-bond acceptors (Lipinski definition) is 6. The van der Waals surface area contributed by atoms with Crippen molar-refractivity contribution in [1.29, 1.82) is 0 Å². The maximum Gasteiger partial charge on any atom is 0.264 e. The van der Waals surface area contributed by atoms with Crippen molar-refractivity contribution in [3.8, 4) is 0 Å². The van der Waals surface area contributed by atoms with E-state index in [9.17, 15) is 8.42 Å². The minimum Gasteiger partial charge on any atom is -0.292 e. The smallest absolute Gasteiger partial charge is 0.264 e. The van der Waals surface area contributed by atoms with E-state index in [0.29, 0.717) is 5.69 Å². The molecule has 20 heavy (non-hydrogen) atoms. The van der Waals surface area contributed by atoms with Crippen LogP contribution in [0.15, 0.2) is 35.5 Å². The molecule has 0 amide bonds. The average molecular weight is 293 g/mol. The van der Waals surface area contributed by atoms with E-state index in [1.807, 2.05) is 19.9 Å². The molecule has 0 unspecified atom stereocenters. The van der Waals surface area contributed by atoms with Gasteiger partial charge in [-0.2, -0.15) is 0 Å². The van der Waals surface area contributed by atoms with Gasteiger partial charge in [-0.3, -0.25) is 10.1 Å². The third-order valence-corrected chi connectivity index (χ3v) is 3.88. The number of hydrazine groups is 1. The molecule has 8 heteroatoms. The molecule has 2 rings (SSSR count). The van der Waals surface area contributed by atoms with Gasteiger partial charge in [-0.25, -0.2) is 24.2 Å². The summed E-state index contributed by atoms with van der Waals surface area (Å²) in [4.78, 5) is 7.52. The van der Waals surface area contributed by atoms with Crippen molar-refractivity contribution < 1.29 is 8.42 Å². The second-order valence-electron chi connectivity index (χ2n) is 4.37. The van der Waals surface area contributed by atoms with Crippen LogP contribution >= 0.6 is 0 Å². The fraction of sp³-hybridized carbons (Fsp3) is 0.167. The largest absolute Gasteiger partial charge is 0.292 e. The van der Waals surface area contributed by atoms with Gasteiger partial charge in [-0.15, -0.1) is 0 Å². The Hall–Kier alpha value is -2.19. The summed E-state index contributed by atoms with van der Waals surface area (Å²) in [7, 11) is -3.72. The first kappa shape index (κ1) is 14.2. The van der Waals surface area contributed by atoms with Crippen LogP contribution in [-0.4, -0.2) is 18.4 Å². The van der Waals surface area contributed by atoms with Crippen LogP contribution in [0.2, 0.25) is 0 Å². The number of rotatable bonds is 4. The number of anilines is 2. The summed E-state index contributed by atoms with van der Waals surface area (Å²) in [5.41, 5.74) is 4.68. The third-order valence-electron chi connectivity index (χ3n) is 2.54. The lowest BCUT2D eigenvalue weighted by molar-refractivity contribution is 0.600. The van der Waals surface area contributed by atoms with Crippen molar-refractivity contribution in [1.82, 2.24) is 9.97 Å². The summed E-state index contributed by atoms with van der Waals surface area (Å²) in [5.74, 6) is 5.27. The van der Waals surface area contributed by atoms with Gasteiger partial charge < -0.3 is 0 Å². The van der Waals surface area contributed by atoms with Gasteiger partial charge in [0, 0.05) is 5.69 Å². The van der Waals surface area contributed by atoms with Crippen LogP contribution in [0, 0.1) is 13.8 Å². The molecule has 0 radical (unpaired) electrons. The SMILES string of the molecule is Cc1cc(C)cc(NS(=O)(=O)c2cnc(NN)nc2)c1. The van der Waals surface area contributed by atoms with Crippen LogP contribution < -0.4 is 16.0 Å². The van der Waals surface area contributed by atoms with Gasteiger partial charge in [-0.05, 0) is 37.1 Å². The second kappa shape index (κ2) is 5.43. The van der Waals surface area contributed by atoms with Crippen molar-refractivity contribution in [2.45, 2.75) is 18.7 Å². The van der Waals surface area contributed by atoms with E-state index in [1.165, 1.54) is 12.4 Å². The minimum absolute atomic E-state index is 0.0318. The second-order valence-corrected chi connectivity index (χ2v) is 6.05. The Morgan fingerprint density at radius 3 is 2.10 bits per heavy atom. The van der Waals surface area contributed by atoms with Gasteiger partial charge in [0.15, 0.2) is 0 Å². The van der Waals surface area contributed by atoms with Gasteiger partial charge in [0.1, 0.15) is 4.90 Å². The van der Waals surface area contributed by atoms with Gasteiger partial charge in [0.05, 0.1) is 12.4 Å². The molecule has 0 aliphatic rings. The lowest BCUT2D eigenvalue weighted by Crippen LogP contribution is -2.15. The summed E-state index contributed by atoms with van der Waals surface area (Å²) in [6, 6.07) is 5.46. The van der Waals surface area contributed by atoms with Gasteiger partial charge in [0.2, 0.25) is 5.95 Å². The first-order valence-corrected chi connectivity index (χ1v) is 7.29. The number of aryl methyl sites for hydroxylation is 2. The lowest BCUT2D eigenvalue weighted by atomic mass is 10.1. The molecule has 0 aliphatic heterocycles. The van der Waals surface area contributed by atoms with Crippen molar-refractivity contribution >= 4 is 21.7 Å². The number of hydrogen-bond donors (Lipinski definition) is 3. The number of nitrogens with two attached hydrogens (primary N) is 1. The maximum absolute atomic E-state index is 12.2. The molecule has 1 aromatic carbocycles. The number of aromatic nitrogens is 2. The standard InChI is InChI=1S/C12H15N5O2S/c1-8-3-9(2)5-10(4-8)17-20(18,19)11-6-14-12(16-13)15-7-11/h3-7,17H,13H2,1-2H3,(H,14,15,16). The summed E-state index contributed by atoms with van der Waals surface area (Å²) >= 11 is 0. The highest BCUT2D eigenvalue weighted by atomic mass is 32.2. The molecule has 4 N–H and O–H groups in total. The Balaban J connectivity index is 2.30. The molecule has 2 aromatic rings. The molecule has 1 aromatic heterocycles. The van der Waals surface area contributed by atoms with Gasteiger partial charge >= 0.3 is 0 Å². The number of nitrogens with zero attached hydrogens (tertiary/aromatic N) is 2. The van der Waals surface area contributed by atoms with Crippen LogP contribution in [0.1, 0.15) is 11.1 Å². The average Bonchev–Trinajstić information content (AvgIpc) is 2.37. The quantitative estimate of drug-likeness (QED) is 0.577. The molecule has 0 spiro atoms. The Morgan fingerprint density at radius 1 is 1.05 bits per heavy atom. The van der Waals surface area contributed by atoms with E-state index >= 15 is 0 Å². The maximum atomic E-state index is 12.2. The van der Waals surface area contributed by atoms with Gasteiger partial charge in [-0.1, -0.05) is 6.07 Å². The lowest BCUT2D eigenvalue weighted by Gasteiger charge is -2.09. The van der Waals surface area contributed by atoms with Crippen LogP contribution in [0.25, 0.3) is 0 Å². The van der Waals surface area contributed by atoms with Crippen molar-refractivity contribution in [3.63, 3.8) is 0 Å². The molecule has 0 saturated heterocycles. The highest BCUT2D eigenvalue weighted by molar-refractivity contribution is 7.92. The van der Waals surface area contributed by atoms with Crippen LogP contribution in [0.4, 0.5) is 11.6 Å². The topological polar surface area (TPSA) is 110 Å². The molecule has 0 saturated carbocycles. The molecular formula is C12H15N5O2S. The predicted octanol–water partition coefficient (Wildman–Crippen LogP) is 1.18. The van der Waals surface area contributed by atoms with E-state index in [-0.39, 0.29) is 10.8 Å². The Kier molecular flexibility index (Phi) is 3.86. The Morgan fingerprint density at radius 2 is 1.60 bits per heavy atom. The summed E-state index contributed by atoms with van der Waals surface area (Å²) < 4.78 is 26.9. The number of benzene rings is 1. The number of sulfonamides is 1. The molecule has 7 nitrogen and oxygen atoms in total. The summed E-state index contributed by atoms with van der Waals surface area (Å²) in [6.45, 7) is 3.80. The zero-order chi connectivity index (χ0) is 14.8. The van der Waals surface area contributed by atoms with E-state index in [0.717, 1.165) is 11.1 Å². The Labute approximate surface area is 117 Å². The van der Waals surface area contributed by atoms with E-state index in [4.69, 9.17) is 5.84 Å². The Bertz CT molecular complexity index is 693. The first-order chi connectivity index (χ1) is 9.40. The minimum atomic E-state index is -3.72. The zero-order valence-electron chi connectivity index (χ0n) is 11.1. The van der Waals surface area contributed by atoms with Gasteiger partial charge in [0.25, 0.3) is 10.0 Å². The highest BCUT2D eigenvalue weighted by Gasteiger charge is 2.15. The first-order valence-electron chi connectivity index (χ1n) is 5.80. The molecule has 0 fully saturated rings. The molecule has 0 aliphatic carbocycles. The summed E-state index contributed by atoms with van der Waals surface area (Å²) in [5, 5.41) is 0. The fourth-order valence-corrected chi connectivity index (χ4v) is 2.71. The number of nitrogen functional groups attached to an aromatic ring is 1. The fourth-order valence-electron chi connectivity index (χ4n) is 1.78. The molecule has 0 atom stereocenters. The van der Waals surface area contributed by atoms with Crippen LogP contribution in [0.3, 0.4) is 0 Å². The molecule has 106 valence electrons. The molecular weight excluding hydrogens is 278 g/mol. The zero-order valence-corrected chi connectivity index (χ0v) is 11.9. The summed E-state index contributed by atoms with van der Waals surface area (Å²) in [6.07, 6.45) is 2.38. The monoisotopic (exact) mass is 293 g/mol. The van der Waals surface area contributed by atoms with Crippen molar-refractivity contribution in [2.75, 3.05) is 10.1 Å². The predicted molar refractivity (Wildman–Crippen MR) is 76.6 cm³/mol. The van der Waals surface area contributed by atoms with Crippen LogP contribution in [-0.2, 0) is 10.0 Å². The van der Waals surface area contributed by atoms with E-state index in [1.54, 1.807) is 12.1 Å². The van der Waals surface area contributed by atoms with E-state index in [2.05, 4.69) is 20.1 Å². The van der Waals surface area contributed by atoms with E-state index < -0.39 is 10.0 Å². The highest BCUT2D eigenvalue weighted by Crippen LogP contribution is 2.18. The molecule has 0 bridgehead atoms. The van der Waals surface area contributed by atoms with Crippen molar-refractivity contribution in [2.24, 2.45) is 5.84 Å². The van der Waals surface area contributed by atoms with Crippen LogP contribution in [0.5, 0.6) is 0 Å². The normalized spacial score (nSPS) is 11.2. The third kappa shape index (κ3) is 3.22. The molecule has 1 heterocycles. The van der Waals surface area contributed by atoms with Crippen molar-refractivity contribution in [3.05, 3.63) is 41.7 Å². The number of nitrogens with one attached hydrogen (secondary N) is 2.